The first kappa shape index (κ1) is 19.7. The van der Waals surface area contributed by atoms with E-state index in [9.17, 15) is 14.4 Å². The fourth-order valence-corrected chi connectivity index (χ4v) is 2.54. The van der Waals surface area contributed by atoms with Crippen molar-refractivity contribution in [3.63, 3.8) is 0 Å². The zero-order valence-corrected chi connectivity index (χ0v) is 15.3. The second-order valence-corrected chi connectivity index (χ2v) is 5.75. The van der Waals surface area contributed by atoms with Gasteiger partial charge in [-0.2, -0.15) is 5.10 Å². The summed E-state index contributed by atoms with van der Waals surface area (Å²) in [6.07, 6.45) is 1.30. The number of anilines is 1. The minimum atomic E-state index is -1.23. The van der Waals surface area contributed by atoms with E-state index in [0.29, 0.717) is 36.0 Å². The molecular formula is C19H17N3O7. The van der Waals surface area contributed by atoms with E-state index < -0.39 is 17.8 Å². The maximum Gasteiger partial charge on any atom is 0.337 e. The Morgan fingerprint density at radius 3 is 2.66 bits per heavy atom. The number of nitrogens with zero attached hydrogens (tertiary/aromatic N) is 1. The van der Waals surface area contributed by atoms with Crippen LogP contribution in [0.15, 0.2) is 41.5 Å². The average Bonchev–Trinajstić information content (AvgIpc) is 2.73. The number of benzene rings is 2. The summed E-state index contributed by atoms with van der Waals surface area (Å²) in [5.41, 5.74) is 2.48. The number of para-hydroxylation sites is 1. The summed E-state index contributed by atoms with van der Waals surface area (Å²) >= 11 is 0. The number of rotatable bonds is 5. The van der Waals surface area contributed by atoms with Gasteiger partial charge in [-0.3, -0.25) is 9.59 Å². The third-order valence-corrected chi connectivity index (χ3v) is 3.84. The number of methoxy groups -OCH3 is 1. The third-order valence-electron chi connectivity index (χ3n) is 3.84. The molecule has 0 fully saturated rings. The largest absolute Gasteiger partial charge is 0.493 e. The smallest absolute Gasteiger partial charge is 0.337 e. The molecule has 150 valence electrons. The van der Waals surface area contributed by atoms with Gasteiger partial charge >= 0.3 is 17.8 Å². The molecule has 0 bridgehead atoms. The van der Waals surface area contributed by atoms with Crippen molar-refractivity contribution in [2.24, 2.45) is 5.10 Å². The summed E-state index contributed by atoms with van der Waals surface area (Å²) in [5.74, 6) is -1.95. The monoisotopic (exact) mass is 399 g/mol. The maximum atomic E-state index is 12.0. The van der Waals surface area contributed by atoms with Crippen LogP contribution in [0.2, 0.25) is 0 Å². The molecule has 0 saturated heterocycles. The molecular weight excluding hydrogens is 382 g/mol. The highest BCUT2D eigenvalue weighted by molar-refractivity contribution is 6.39. The third kappa shape index (κ3) is 4.61. The summed E-state index contributed by atoms with van der Waals surface area (Å²) in [6, 6.07) is 9.00. The van der Waals surface area contributed by atoms with Gasteiger partial charge in [-0.15, -0.1) is 0 Å². The molecule has 1 aliphatic heterocycles. The number of hydrazone groups is 1. The lowest BCUT2D eigenvalue weighted by Gasteiger charge is -2.20. The number of aromatic carboxylic acids is 1. The quantitative estimate of drug-likeness (QED) is 0.391. The molecule has 2 aromatic rings. The van der Waals surface area contributed by atoms with E-state index in [1.165, 1.54) is 37.6 Å². The Morgan fingerprint density at radius 1 is 1.14 bits per heavy atom. The van der Waals surface area contributed by atoms with E-state index in [0.717, 1.165) is 0 Å². The number of amides is 2. The van der Waals surface area contributed by atoms with Crippen LogP contribution in [0.4, 0.5) is 5.69 Å². The summed E-state index contributed by atoms with van der Waals surface area (Å²) in [4.78, 5) is 35.0. The summed E-state index contributed by atoms with van der Waals surface area (Å²) < 4.78 is 16.3. The second-order valence-electron chi connectivity index (χ2n) is 5.75. The first-order valence-electron chi connectivity index (χ1n) is 8.44. The van der Waals surface area contributed by atoms with Crippen molar-refractivity contribution in [2.75, 3.05) is 25.6 Å². The lowest BCUT2D eigenvalue weighted by atomic mass is 10.2. The van der Waals surface area contributed by atoms with Crippen LogP contribution in [-0.4, -0.2) is 49.4 Å². The van der Waals surface area contributed by atoms with E-state index >= 15 is 0 Å². The second kappa shape index (κ2) is 8.74. The van der Waals surface area contributed by atoms with Gasteiger partial charge in [-0.05, 0) is 24.3 Å². The highest BCUT2D eigenvalue weighted by Gasteiger charge is 2.19. The lowest BCUT2D eigenvalue weighted by Crippen LogP contribution is -2.32. The molecule has 3 rings (SSSR count). The Balaban J connectivity index is 1.65. The Morgan fingerprint density at radius 2 is 1.90 bits per heavy atom. The van der Waals surface area contributed by atoms with Crippen molar-refractivity contribution in [3.8, 4) is 17.2 Å². The van der Waals surface area contributed by atoms with Gasteiger partial charge in [0.15, 0.2) is 11.5 Å². The molecule has 2 aromatic carbocycles. The Bertz CT molecular complexity index is 971. The standard InChI is InChI=1S/C19H17N3O7/c1-27-14-8-11(9-15-16(14)29-7-6-28-15)10-20-22-18(24)17(23)21-13-5-3-2-4-12(13)19(25)26/h2-5,8-10H,6-7H2,1H3,(H,21,23)(H,22,24)(H,25,26)/b20-10+. The number of hydrogen-bond acceptors (Lipinski definition) is 7. The van der Waals surface area contributed by atoms with Crippen molar-refractivity contribution in [2.45, 2.75) is 0 Å². The molecule has 0 saturated carbocycles. The van der Waals surface area contributed by atoms with E-state index in [1.54, 1.807) is 12.1 Å². The Kier molecular flexibility index (Phi) is 5.93. The zero-order chi connectivity index (χ0) is 20.8. The number of carboxylic acids is 1. The first-order valence-corrected chi connectivity index (χ1v) is 8.44. The fraction of sp³-hybridized carbons (Fsp3) is 0.158. The molecule has 29 heavy (non-hydrogen) atoms. The molecule has 0 aromatic heterocycles. The number of hydrogen-bond donors (Lipinski definition) is 3. The zero-order valence-electron chi connectivity index (χ0n) is 15.3. The van der Waals surface area contributed by atoms with Gasteiger partial charge in [0.25, 0.3) is 0 Å². The Labute approximate surface area is 165 Å². The van der Waals surface area contributed by atoms with Crippen LogP contribution in [0, 0.1) is 0 Å². The molecule has 0 unspecified atom stereocenters. The van der Waals surface area contributed by atoms with Gasteiger partial charge in [0.05, 0.1) is 24.6 Å². The average molecular weight is 399 g/mol. The number of carbonyl (C=O) groups is 3. The van der Waals surface area contributed by atoms with Crippen LogP contribution >= 0.6 is 0 Å². The molecule has 10 heteroatoms. The van der Waals surface area contributed by atoms with Gasteiger partial charge in [0.2, 0.25) is 5.75 Å². The predicted octanol–water partition coefficient (Wildman–Crippen LogP) is 1.25. The van der Waals surface area contributed by atoms with Crippen molar-refractivity contribution in [1.29, 1.82) is 0 Å². The highest BCUT2D eigenvalue weighted by atomic mass is 16.6. The predicted molar refractivity (Wildman–Crippen MR) is 102 cm³/mol. The molecule has 1 heterocycles. The van der Waals surface area contributed by atoms with Crippen LogP contribution < -0.4 is 25.0 Å². The molecule has 0 aliphatic carbocycles. The Hall–Kier alpha value is -4.08. The summed E-state index contributed by atoms with van der Waals surface area (Å²) in [6.45, 7) is 0.804. The van der Waals surface area contributed by atoms with Crippen molar-refractivity contribution in [1.82, 2.24) is 5.43 Å². The van der Waals surface area contributed by atoms with Gasteiger partial charge in [-0.25, -0.2) is 10.2 Å². The molecule has 0 spiro atoms. The van der Waals surface area contributed by atoms with Crippen molar-refractivity contribution >= 4 is 29.7 Å². The number of fused-ring (bicyclic) bond motifs is 1. The van der Waals surface area contributed by atoms with Crippen LogP contribution in [0.3, 0.4) is 0 Å². The fourth-order valence-electron chi connectivity index (χ4n) is 2.54. The molecule has 0 atom stereocenters. The van der Waals surface area contributed by atoms with E-state index in [2.05, 4.69) is 15.8 Å². The molecule has 2 amide bonds. The van der Waals surface area contributed by atoms with E-state index in [-0.39, 0.29) is 11.3 Å². The van der Waals surface area contributed by atoms with Crippen LogP contribution in [0.5, 0.6) is 17.2 Å². The van der Waals surface area contributed by atoms with Gasteiger partial charge < -0.3 is 24.6 Å². The molecule has 10 nitrogen and oxygen atoms in total. The summed E-state index contributed by atoms with van der Waals surface area (Å²) in [7, 11) is 1.48. The number of carboxylic acid groups (broad SMARTS) is 1. The number of ether oxygens (including phenoxy) is 3. The lowest BCUT2D eigenvalue weighted by molar-refractivity contribution is -0.136. The molecule has 3 N–H and O–H groups in total. The molecule has 1 aliphatic rings. The maximum absolute atomic E-state index is 12.0. The topological polar surface area (TPSA) is 136 Å². The van der Waals surface area contributed by atoms with Crippen LogP contribution in [0.25, 0.3) is 0 Å². The summed E-state index contributed by atoms with van der Waals surface area (Å²) in [5, 5.41) is 15.1. The van der Waals surface area contributed by atoms with E-state index in [1.807, 2.05) is 0 Å². The highest BCUT2D eigenvalue weighted by Crippen LogP contribution is 2.39. The minimum Gasteiger partial charge on any atom is -0.493 e. The van der Waals surface area contributed by atoms with Crippen LogP contribution in [0.1, 0.15) is 15.9 Å². The SMILES string of the molecule is COc1cc(/C=N/NC(=O)C(=O)Nc2ccccc2C(=O)O)cc2c1OCCO2. The van der Waals surface area contributed by atoms with Gasteiger partial charge in [0, 0.05) is 5.56 Å². The van der Waals surface area contributed by atoms with Crippen LogP contribution in [-0.2, 0) is 9.59 Å². The molecule has 0 radical (unpaired) electrons. The normalized spacial score (nSPS) is 12.3. The van der Waals surface area contributed by atoms with Gasteiger partial charge in [0.1, 0.15) is 13.2 Å². The van der Waals surface area contributed by atoms with Gasteiger partial charge in [-0.1, -0.05) is 12.1 Å². The number of nitrogens with one attached hydrogen (secondary N) is 2. The first-order chi connectivity index (χ1) is 14.0. The van der Waals surface area contributed by atoms with Crippen molar-refractivity contribution < 1.29 is 33.7 Å². The minimum absolute atomic E-state index is 0.000650. The van der Waals surface area contributed by atoms with E-state index in [4.69, 9.17) is 19.3 Å². The number of carbonyl (C=O) groups excluding carboxylic acids is 2. The van der Waals surface area contributed by atoms with Crippen molar-refractivity contribution in [3.05, 3.63) is 47.5 Å².